The number of fused-ring (bicyclic) bond motifs is 1. The molecule has 0 spiro atoms. The van der Waals surface area contributed by atoms with Gasteiger partial charge in [0, 0.05) is 5.69 Å². The molecule has 0 saturated carbocycles. The summed E-state index contributed by atoms with van der Waals surface area (Å²) in [6, 6.07) is 18.0. The number of nitrogens with one attached hydrogen (secondary N) is 1. The number of hydrogen-bond acceptors (Lipinski definition) is 4. The molecule has 4 nitrogen and oxygen atoms in total. The van der Waals surface area contributed by atoms with Crippen molar-refractivity contribution in [1.29, 1.82) is 5.26 Å². The predicted molar refractivity (Wildman–Crippen MR) is 77.8 cm³/mol. The fourth-order valence-electron chi connectivity index (χ4n) is 1.99. The Morgan fingerprint density at radius 2 is 2.00 bits per heavy atom. The number of nitrogens with zero attached hydrogens (tertiary/aromatic N) is 2. The highest BCUT2D eigenvalue weighted by Gasteiger charge is 2.09. The van der Waals surface area contributed by atoms with Gasteiger partial charge in [-0.25, -0.2) is 0 Å². The Kier molecular flexibility index (Phi) is 3.10. The average molecular weight is 263 g/mol. The quantitative estimate of drug-likeness (QED) is 0.769. The van der Waals surface area contributed by atoms with Crippen LogP contribution in [0.5, 0.6) is 0 Å². The zero-order chi connectivity index (χ0) is 13.9. The Bertz CT molecular complexity index is 771. The molecule has 1 atom stereocenters. The van der Waals surface area contributed by atoms with E-state index in [-0.39, 0.29) is 5.92 Å². The Balaban J connectivity index is 1.93. The zero-order valence-corrected chi connectivity index (χ0v) is 11.0. The molecule has 4 heteroatoms. The molecular formula is C16H13N3O. The Labute approximate surface area is 116 Å². The number of para-hydroxylation sites is 1. The first-order chi connectivity index (χ1) is 9.76. The van der Waals surface area contributed by atoms with Crippen molar-refractivity contribution in [3.05, 3.63) is 54.1 Å². The summed E-state index contributed by atoms with van der Waals surface area (Å²) in [6.45, 7) is 1.87. The van der Waals surface area contributed by atoms with Crippen molar-refractivity contribution in [2.24, 2.45) is 0 Å². The summed E-state index contributed by atoms with van der Waals surface area (Å²) in [5, 5.41) is 12.1. The van der Waals surface area contributed by atoms with Crippen LogP contribution in [0, 0.1) is 11.3 Å². The molecule has 1 heterocycles. The van der Waals surface area contributed by atoms with Crippen LogP contribution >= 0.6 is 0 Å². The molecule has 0 saturated heterocycles. The molecule has 0 aliphatic carbocycles. The van der Waals surface area contributed by atoms with Gasteiger partial charge < -0.3 is 9.73 Å². The number of anilines is 2. The number of benzene rings is 2. The molecule has 0 radical (unpaired) electrons. The van der Waals surface area contributed by atoms with Crippen molar-refractivity contribution in [1.82, 2.24) is 4.98 Å². The monoisotopic (exact) mass is 263 g/mol. The summed E-state index contributed by atoms with van der Waals surface area (Å²) >= 11 is 0. The van der Waals surface area contributed by atoms with E-state index in [0.717, 1.165) is 16.8 Å². The molecule has 2 aromatic carbocycles. The molecule has 0 amide bonds. The van der Waals surface area contributed by atoms with E-state index < -0.39 is 0 Å². The van der Waals surface area contributed by atoms with Gasteiger partial charge in [-0.05, 0) is 36.8 Å². The van der Waals surface area contributed by atoms with E-state index in [1.165, 1.54) is 0 Å². The maximum absolute atomic E-state index is 8.95. The van der Waals surface area contributed by atoms with Gasteiger partial charge in [0.1, 0.15) is 5.52 Å². The lowest BCUT2D eigenvalue weighted by atomic mass is 10.0. The van der Waals surface area contributed by atoms with Crippen LogP contribution in [0.4, 0.5) is 11.7 Å². The van der Waals surface area contributed by atoms with E-state index in [0.29, 0.717) is 11.6 Å². The van der Waals surface area contributed by atoms with Crippen LogP contribution in [0.3, 0.4) is 0 Å². The summed E-state index contributed by atoms with van der Waals surface area (Å²) in [5.41, 5.74) is 3.32. The maximum Gasteiger partial charge on any atom is 0.300 e. The topological polar surface area (TPSA) is 61.9 Å². The maximum atomic E-state index is 8.95. The summed E-state index contributed by atoms with van der Waals surface area (Å²) < 4.78 is 5.64. The van der Waals surface area contributed by atoms with Crippen molar-refractivity contribution in [2.45, 2.75) is 12.8 Å². The van der Waals surface area contributed by atoms with Gasteiger partial charge in [0.25, 0.3) is 6.01 Å². The van der Waals surface area contributed by atoms with Crippen LogP contribution in [0.15, 0.2) is 52.9 Å². The van der Waals surface area contributed by atoms with E-state index in [1.807, 2.05) is 55.5 Å². The highest BCUT2D eigenvalue weighted by molar-refractivity contribution is 5.76. The Hall–Kier alpha value is -2.80. The highest BCUT2D eigenvalue weighted by atomic mass is 16.4. The second kappa shape index (κ2) is 5.06. The van der Waals surface area contributed by atoms with E-state index in [2.05, 4.69) is 16.4 Å². The fourth-order valence-corrected chi connectivity index (χ4v) is 1.99. The van der Waals surface area contributed by atoms with E-state index in [4.69, 9.17) is 9.68 Å². The lowest BCUT2D eigenvalue weighted by molar-refractivity contribution is 0.623. The molecule has 0 aliphatic rings. The minimum Gasteiger partial charge on any atom is -0.423 e. The SMILES string of the molecule is CC(C#N)c1ccc2oc(Nc3ccccc3)nc2c1. The van der Waals surface area contributed by atoms with Crippen LogP contribution in [0.2, 0.25) is 0 Å². The molecule has 1 N–H and O–H groups in total. The first-order valence-corrected chi connectivity index (χ1v) is 6.38. The first kappa shape index (κ1) is 12.2. The normalized spacial score (nSPS) is 12.0. The molecular weight excluding hydrogens is 250 g/mol. The summed E-state index contributed by atoms with van der Waals surface area (Å²) in [6.07, 6.45) is 0. The second-order valence-corrected chi connectivity index (χ2v) is 4.59. The standard InChI is InChI=1S/C16H13N3O/c1-11(10-17)12-7-8-15-14(9-12)19-16(20-15)18-13-5-3-2-4-6-13/h2-9,11H,1H3,(H,18,19). The summed E-state index contributed by atoms with van der Waals surface area (Å²) in [4.78, 5) is 4.40. The lowest BCUT2D eigenvalue weighted by Crippen LogP contribution is -1.89. The summed E-state index contributed by atoms with van der Waals surface area (Å²) in [7, 11) is 0. The fraction of sp³-hybridized carbons (Fsp3) is 0.125. The zero-order valence-electron chi connectivity index (χ0n) is 11.0. The van der Waals surface area contributed by atoms with Gasteiger partial charge in [-0.1, -0.05) is 24.3 Å². The minimum absolute atomic E-state index is 0.151. The third-order valence-electron chi connectivity index (χ3n) is 3.13. The molecule has 0 aliphatic heterocycles. The number of hydrogen-bond donors (Lipinski definition) is 1. The van der Waals surface area contributed by atoms with Crippen LogP contribution in [0.25, 0.3) is 11.1 Å². The van der Waals surface area contributed by atoms with Crippen molar-refractivity contribution >= 4 is 22.8 Å². The van der Waals surface area contributed by atoms with Crippen LogP contribution in [-0.2, 0) is 0 Å². The van der Waals surface area contributed by atoms with Gasteiger partial charge in [0.2, 0.25) is 0 Å². The van der Waals surface area contributed by atoms with Gasteiger partial charge in [-0.2, -0.15) is 10.2 Å². The molecule has 3 rings (SSSR count). The van der Waals surface area contributed by atoms with Crippen LogP contribution in [-0.4, -0.2) is 4.98 Å². The third-order valence-corrected chi connectivity index (χ3v) is 3.13. The first-order valence-electron chi connectivity index (χ1n) is 6.38. The number of oxazole rings is 1. The highest BCUT2D eigenvalue weighted by Crippen LogP contribution is 2.25. The minimum atomic E-state index is -0.151. The van der Waals surface area contributed by atoms with E-state index in [1.54, 1.807) is 0 Å². The van der Waals surface area contributed by atoms with Crippen molar-refractivity contribution < 1.29 is 4.42 Å². The smallest absolute Gasteiger partial charge is 0.300 e. The average Bonchev–Trinajstić information content (AvgIpc) is 2.88. The van der Waals surface area contributed by atoms with Crippen LogP contribution in [0.1, 0.15) is 18.4 Å². The Morgan fingerprint density at radius 1 is 1.20 bits per heavy atom. The molecule has 3 aromatic rings. The lowest BCUT2D eigenvalue weighted by Gasteiger charge is -2.00. The third kappa shape index (κ3) is 2.34. The number of nitriles is 1. The van der Waals surface area contributed by atoms with Gasteiger partial charge in [0.15, 0.2) is 5.58 Å². The van der Waals surface area contributed by atoms with Crippen molar-refractivity contribution in [2.75, 3.05) is 5.32 Å². The van der Waals surface area contributed by atoms with E-state index >= 15 is 0 Å². The number of rotatable bonds is 3. The second-order valence-electron chi connectivity index (χ2n) is 4.59. The molecule has 1 aromatic heterocycles. The Morgan fingerprint density at radius 3 is 2.75 bits per heavy atom. The molecule has 0 bridgehead atoms. The van der Waals surface area contributed by atoms with Crippen LogP contribution < -0.4 is 5.32 Å². The van der Waals surface area contributed by atoms with E-state index in [9.17, 15) is 0 Å². The van der Waals surface area contributed by atoms with Crippen molar-refractivity contribution in [3.8, 4) is 6.07 Å². The molecule has 0 fully saturated rings. The molecule has 1 unspecified atom stereocenters. The molecule has 20 heavy (non-hydrogen) atoms. The number of aromatic nitrogens is 1. The molecule has 98 valence electrons. The van der Waals surface area contributed by atoms with Crippen molar-refractivity contribution in [3.63, 3.8) is 0 Å². The van der Waals surface area contributed by atoms with Gasteiger partial charge >= 0.3 is 0 Å². The summed E-state index contributed by atoms with van der Waals surface area (Å²) in [5.74, 6) is -0.151. The van der Waals surface area contributed by atoms with Gasteiger partial charge in [-0.3, -0.25) is 0 Å². The largest absolute Gasteiger partial charge is 0.423 e. The predicted octanol–water partition coefficient (Wildman–Crippen LogP) is 4.20. The van der Waals surface area contributed by atoms with Gasteiger partial charge in [-0.15, -0.1) is 0 Å². The van der Waals surface area contributed by atoms with Gasteiger partial charge in [0.05, 0.1) is 12.0 Å².